The Hall–Kier alpha value is -2.52. The maximum absolute atomic E-state index is 12.1. The number of thioether (sulfide) groups is 1. The average Bonchev–Trinajstić information content (AvgIpc) is 3.30. The van der Waals surface area contributed by atoms with E-state index in [2.05, 4.69) is 70.4 Å². The van der Waals surface area contributed by atoms with Crippen molar-refractivity contribution in [2.45, 2.75) is 31.5 Å². The molecule has 2 heterocycles. The first kappa shape index (κ1) is 19.2. The predicted octanol–water partition coefficient (Wildman–Crippen LogP) is 3.84. The highest BCUT2D eigenvalue weighted by Gasteiger charge is 2.15. The molecule has 27 heavy (non-hydrogen) atoms. The molecule has 0 radical (unpaired) electrons. The van der Waals surface area contributed by atoms with Gasteiger partial charge in [0.1, 0.15) is 5.51 Å². The Balaban J connectivity index is 1.74. The number of nitrogens with one attached hydrogen (secondary N) is 1. The number of carbonyl (C=O) groups is 1. The first-order valence-electron chi connectivity index (χ1n) is 8.41. The van der Waals surface area contributed by atoms with Crippen molar-refractivity contribution in [2.75, 3.05) is 11.1 Å². The van der Waals surface area contributed by atoms with Crippen molar-refractivity contribution >= 4 is 34.1 Å². The number of benzene rings is 1. The summed E-state index contributed by atoms with van der Waals surface area (Å²) in [6.07, 6.45) is 1.79. The Morgan fingerprint density at radius 1 is 1.30 bits per heavy atom. The van der Waals surface area contributed by atoms with Crippen LogP contribution in [-0.2, 0) is 11.3 Å². The number of amides is 1. The lowest BCUT2D eigenvalue weighted by atomic mass is 10.0. The van der Waals surface area contributed by atoms with E-state index < -0.39 is 0 Å². The molecule has 140 valence electrons. The molecule has 0 aliphatic rings. The summed E-state index contributed by atoms with van der Waals surface area (Å²) in [5, 5.41) is 19.9. The predicted molar refractivity (Wildman–Crippen MR) is 109 cm³/mol. The Morgan fingerprint density at radius 3 is 2.70 bits per heavy atom. The van der Waals surface area contributed by atoms with Gasteiger partial charge in [0.15, 0.2) is 11.0 Å². The van der Waals surface area contributed by atoms with Crippen LogP contribution in [0.4, 0.5) is 5.13 Å². The molecule has 0 saturated heterocycles. The van der Waals surface area contributed by atoms with Crippen molar-refractivity contribution < 1.29 is 4.79 Å². The summed E-state index contributed by atoms with van der Waals surface area (Å²) in [7, 11) is 0. The molecule has 7 nitrogen and oxygen atoms in total. The highest BCUT2D eigenvalue weighted by atomic mass is 32.2. The molecule has 0 saturated carbocycles. The van der Waals surface area contributed by atoms with Crippen LogP contribution in [0.1, 0.15) is 25.3 Å². The fourth-order valence-corrected chi connectivity index (χ4v) is 3.64. The summed E-state index contributed by atoms with van der Waals surface area (Å²) in [6.45, 7) is 8.71. The summed E-state index contributed by atoms with van der Waals surface area (Å²) in [5.41, 5.74) is 3.83. The lowest BCUT2D eigenvalue weighted by Gasteiger charge is -2.09. The normalized spacial score (nSPS) is 10.9. The molecule has 0 aliphatic heterocycles. The van der Waals surface area contributed by atoms with Crippen LogP contribution >= 0.6 is 23.1 Å². The Labute approximate surface area is 165 Å². The molecule has 0 aliphatic carbocycles. The third kappa shape index (κ3) is 4.81. The number of allylic oxidation sites excluding steroid dienone is 1. The van der Waals surface area contributed by atoms with E-state index in [4.69, 9.17) is 0 Å². The summed E-state index contributed by atoms with van der Waals surface area (Å²) in [5.74, 6) is 1.29. The highest BCUT2D eigenvalue weighted by molar-refractivity contribution is 7.99. The molecular formula is C18H20N6OS2. The van der Waals surface area contributed by atoms with Crippen LogP contribution in [0.15, 0.2) is 47.6 Å². The molecule has 0 fully saturated rings. The fraction of sp³-hybridized carbons (Fsp3) is 0.278. The molecule has 0 unspecified atom stereocenters. The minimum absolute atomic E-state index is 0.160. The third-order valence-corrected chi connectivity index (χ3v) is 5.38. The van der Waals surface area contributed by atoms with Gasteiger partial charge in [-0.05, 0) is 11.5 Å². The average molecular weight is 401 g/mol. The van der Waals surface area contributed by atoms with Crippen molar-refractivity contribution in [3.8, 4) is 11.4 Å². The molecule has 0 spiro atoms. The fourth-order valence-electron chi connectivity index (χ4n) is 2.43. The van der Waals surface area contributed by atoms with E-state index in [1.807, 2.05) is 4.57 Å². The number of rotatable bonds is 8. The minimum atomic E-state index is -0.160. The van der Waals surface area contributed by atoms with E-state index in [0.29, 0.717) is 22.8 Å². The summed E-state index contributed by atoms with van der Waals surface area (Å²) < 4.78 is 1.96. The van der Waals surface area contributed by atoms with Gasteiger partial charge < -0.3 is 0 Å². The minimum Gasteiger partial charge on any atom is -0.300 e. The summed E-state index contributed by atoms with van der Waals surface area (Å²) in [4.78, 5) is 12.1. The van der Waals surface area contributed by atoms with Crippen molar-refractivity contribution in [1.29, 1.82) is 0 Å². The lowest BCUT2D eigenvalue weighted by Crippen LogP contribution is -2.14. The van der Waals surface area contributed by atoms with Gasteiger partial charge in [0.25, 0.3) is 0 Å². The van der Waals surface area contributed by atoms with E-state index in [-0.39, 0.29) is 11.7 Å². The highest BCUT2D eigenvalue weighted by Crippen LogP contribution is 2.26. The zero-order chi connectivity index (χ0) is 19.2. The van der Waals surface area contributed by atoms with Gasteiger partial charge in [-0.1, -0.05) is 67.3 Å². The second kappa shape index (κ2) is 8.92. The van der Waals surface area contributed by atoms with E-state index in [1.165, 1.54) is 28.7 Å². The van der Waals surface area contributed by atoms with Crippen molar-refractivity contribution in [2.24, 2.45) is 0 Å². The van der Waals surface area contributed by atoms with Gasteiger partial charge in [0.2, 0.25) is 11.0 Å². The first-order valence-corrected chi connectivity index (χ1v) is 10.3. The van der Waals surface area contributed by atoms with Crippen LogP contribution in [-0.4, -0.2) is 36.6 Å². The maximum Gasteiger partial charge on any atom is 0.236 e. The summed E-state index contributed by atoms with van der Waals surface area (Å²) >= 11 is 2.61. The van der Waals surface area contributed by atoms with Gasteiger partial charge in [-0.25, -0.2) is 0 Å². The number of hydrogen-bond donors (Lipinski definition) is 1. The molecule has 3 rings (SSSR count). The third-order valence-electron chi connectivity index (χ3n) is 3.80. The van der Waals surface area contributed by atoms with Crippen LogP contribution in [0, 0.1) is 0 Å². The monoisotopic (exact) mass is 400 g/mol. The lowest BCUT2D eigenvalue weighted by molar-refractivity contribution is -0.113. The quantitative estimate of drug-likeness (QED) is 0.457. The number of hydrogen-bond acceptors (Lipinski definition) is 7. The topological polar surface area (TPSA) is 85.6 Å². The molecule has 1 N–H and O–H groups in total. The first-order chi connectivity index (χ1) is 13.1. The smallest absolute Gasteiger partial charge is 0.236 e. The standard InChI is InChI=1S/C18H20N6OS2/c1-4-9-24-16(14-7-5-13(6-8-14)12(2)3)21-23-18(24)26-10-15(25)20-17-22-19-11-27-17/h4-8,11-12H,1,9-10H2,2-3H3,(H,20,22,25). The van der Waals surface area contributed by atoms with E-state index >= 15 is 0 Å². The Bertz CT molecular complexity index is 903. The van der Waals surface area contributed by atoms with Gasteiger partial charge in [0, 0.05) is 12.1 Å². The summed E-state index contributed by atoms with van der Waals surface area (Å²) in [6, 6.07) is 8.32. The largest absolute Gasteiger partial charge is 0.300 e. The SMILES string of the molecule is C=CCn1c(SCC(=O)Nc2nncs2)nnc1-c1ccc(C(C)C)cc1. The van der Waals surface area contributed by atoms with Gasteiger partial charge in [0.05, 0.1) is 5.75 Å². The molecule has 1 aromatic carbocycles. The molecule has 2 aromatic heterocycles. The number of aromatic nitrogens is 5. The van der Waals surface area contributed by atoms with Crippen LogP contribution in [0.2, 0.25) is 0 Å². The van der Waals surface area contributed by atoms with Crippen LogP contribution in [0.25, 0.3) is 11.4 Å². The van der Waals surface area contributed by atoms with Crippen LogP contribution in [0.5, 0.6) is 0 Å². The zero-order valence-corrected chi connectivity index (χ0v) is 16.8. The van der Waals surface area contributed by atoms with E-state index in [0.717, 1.165) is 11.4 Å². The number of nitrogens with zero attached hydrogens (tertiary/aromatic N) is 5. The second-order valence-electron chi connectivity index (χ2n) is 6.06. The van der Waals surface area contributed by atoms with Gasteiger partial charge >= 0.3 is 0 Å². The molecule has 1 amide bonds. The molecule has 0 atom stereocenters. The van der Waals surface area contributed by atoms with Gasteiger partial charge in [-0.3, -0.25) is 14.7 Å². The van der Waals surface area contributed by atoms with E-state index in [1.54, 1.807) is 11.6 Å². The van der Waals surface area contributed by atoms with Gasteiger partial charge in [-0.2, -0.15) is 0 Å². The van der Waals surface area contributed by atoms with Crippen LogP contribution in [0.3, 0.4) is 0 Å². The molecule has 9 heteroatoms. The van der Waals surface area contributed by atoms with Crippen molar-refractivity contribution in [3.05, 3.63) is 48.0 Å². The van der Waals surface area contributed by atoms with Crippen molar-refractivity contribution in [1.82, 2.24) is 25.0 Å². The second-order valence-corrected chi connectivity index (χ2v) is 7.84. The van der Waals surface area contributed by atoms with E-state index in [9.17, 15) is 4.79 Å². The molecule has 0 bridgehead atoms. The Morgan fingerprint density at radius 2 is 2.07 bits per heavy atom. The molecule has 3 aromatic rings. The Kier molecular flexibility index (Phi) is 6.36. The number of anilines is 1. The molecular weight excluding hydrogens is 380 g/mol. The van der Waals surface area contributed by atoms with Gasteiger partial charge in [-0.15, -0.1) is 27.0 Å². The van der Waals surface area contributed by atoms with Crippen molar-refractivity contribution in [3.63, 3.8) is 0 Å². The van der Waals surface area contributed by atoms with Crippen LogP contribution < -0.4 is 5.32 Å². The number of carbonyl (C=O) groups excluding carboxylic acids is 1. The zero-order valence-electron chi connectivity index (χ0n) is 15.1. The maximum atomic E-state index is 12.1.